The van der Waals surface area contributed by atoms with Gasteiger partial charge in [-0.25, -0.2) is 4.79 Å². The predicted molar refractivity (Wildman–Crippen MR) is 69.9 cm³/mol. The summed E-state index contributed by atoms with van der Waals surface area (Å²) < 4.78 is 1.84. The van der Waals surface area contributed by atoms with Crippen molar-refractivity contribution in [2.45, 2.75) is 32.9 Å². The average Bonchev–Trinajstić information content (AvgIpc) is 2.92. The van der Waals surface area contributed by atoms with Crippen molar-refractivity contribution in [2.75, 3.05) is 13.1 Å². The molecule has 1 aliphatic heterocycles. The van der Waals surface area contributed by atoms with Crippen molar-refractivity contribution in [1.29, 1.82) is 0 Å². The second-order valence-corrected chi connectivity index (χ2v) is 4.82. The molecule has 2 N–H and O–H groups in total. The van der Waals surface area contributed by atoms with Crippen LogP contribution in [0.25, 0.3) is 0 Å². The second-order valence-electron chi connectivity index (χ2n) is 4.82. The molecular formula is C12H19N5O3. The smallest absolute Gasteiger partial charge is 0.317 e. The van der Waals surface area contributed by atoms with Crippen LogP contribution in [-0.4, -0.2) is 49.9 Å². The van der Waals surface area contributed by atoms with Gasteiger partial charge in [-0.05, 0) is 19.8 Å². The van der Waals surface area contributed by atoms with Crippen LogP contribution in [0.15, 0.2) is 6.33 Å². The zero-order valence-corrected chi connectivity index (χ0v) is 11.4. The number of hydrogen-bond acceptors (Lipinski definition) is 4. The Morgan fingerprint density at radius 3 is 3.05 bits per heavy atom. The number of piperidine rings is 1. The summed E-state index contributed by atoms with van der Waals surface area (Å²) >= 11 is 0. The molecule has 2 amide bonds. The molecule has 20 heavy (non-hydrogen) atoms. The molecule has 0 aromatic carbocycles. The Balaban J connectivity index is 1.87. The van der Waals surface area contributed by atoms with Crippen LogP contribution in [0, 0.1) is 5.92 Å². The summed E-state index contributed by atoms with van der Waals surface area (Å²) in [6.45, 7) is 3.86. The van der Waals surface area contributed by atoms with Gasteiger partial charge in [-0.15, -0.1) is 10.2 Å². The van der Waals surface area contributed by atoms with E-state index in [1.54, 1.807) is 11.2 Å². The number of aryl methyl sites for hydroxylation is 1. The van der Waals surface area contributed by atoms with Crippen molar-refractivity contribution >= 4 is 12.0 Å². The normalized spacial score (nSPS) is 18.9. The average molecular weight is 281 g/mol. The number of rotatable bonds is 4. The second kappa shape index (κ2) is 6.36. The van der Waals surface area contributed by atoms with E-state index in [4.69, 9.17) is 5.11 Å². The van der Waals surface area contributed by atoms with E-state index in [1.807, 2.05) is 11.5 Å². The largest absolute Gasteiger partial charge is 0.481 e. The van der Waals surface area contributed by atoms with Crippen LogP contribution in [0.3, 0.4) is 0 Å². The summed E-state index contributed by atoms with van der Waals surface area (Å²) in [6.07, 6.45) is 2.96. The third-order valence-corrected chi connectivity index (χ3v) is 3.49. The summed E-state index contributed by atoms with van der Waals surface area (Å²) in [5.74, 6) is -0.616. The molecule has 1 fully saturated rings. The number of aliphatic carboxylic acids is 1. The van der Waals surface area contributed by atoms with E-state index in [1.165, 1.54) is 0 Å². The van der Waals surface area contributed by atoms with Gasteiger partial charge in [0, 0.05) is 19.6 Å². The van der Waals surface area contributed by atoms with E-state index in [0.29, 0.717) is 25.3 Å². The lowest BCUT2D eigenvalue weighted by Gasteiger charge is -2.30. The highest BCUT2D eigenvalue weighted by molar-refractivity contribution is 5.76. The summed E-state index contributed by atoms with van der Waals surface area (Å²) in [5.41, 5.74) is 0. The van der Waals surface area contributed by atoms with Crippen LogP contribution < -0.4 is 5.32 Å². The Morgan fingerprint density at radius 2 is 2.35 bits per heavy atom. The highest BCUT2D eigenvalue weighted by atomic mass is 16.4. The SMILES string of the molecule is CCn1cnnc1CNC(=O)N1CCCC(C(=O)O)C1. The Hall–Kier alpha value is -2.12. The third-order valence-electron chi connectivity index (χ3n) is 3.49. The first kappa shape index (κ1) is 14.3. The lowest BCUT2D eigenvalue weighted by atomic mass is 9.99. The molecule has 1 aromatic heterocycles. The quantitative estimate of drug-likeness (QED) is 0.827. The van der Waals surface area contributed by atoms with E-state index in [9.17, 15) is 9.59 Å². The molecule has 0 saturated carbocycles. The van der Waals surface area contributed by atoms with Crippen molar-refractivity contribution in [3.63, 3.8) is 0 Å². The number of carboxylic acids is 1. The number of carbonyl (C=O) groups excluding carboxylic acids is 1. The summed E-state index contributed by atoms with van der Waals surface area (Å²) in [6, 6.07) is -0.249. The van der Waals surface area contributed by atoms with Gasteiger partial charge in [-0.1, -0.05) is 0 Å². The summed E-state index contributed by atoms with van der Waals surface area (Å²) in [7, 11) is 0. The van der Waals surface area contributed by atoms with Gasteiger partial charge in [0.2, 0.25) is 0 Å². The van der Waals surface area contributed by atoms with Crippen molar-refractivity contribution in [2.24, 2.45) is 5.92 Å². The third kappa shape index (κ3) is 3.25. The van der Waals surface area contributed by atoms with Crippen LogP contribution >= 0.6 is 0 Å². The number of carboxylic acid groups (broad SMARTS) is 1. The lowest BCUT2D eigenvalue weighted by Crippen LogP contribution is -2.47. The predicted octanol–water partition coefficient (Wildman–Crippen LogP) is 0.304. The molecule has 8 heteroatoms. The summed E-state index contributed by atoms with van der Waals surface area (Å²) in [4.78, 5) is 24.5. The Morgan fingerprint density at radius 1 is 1.55 bits per heavy atom. The first-order valence-electron chi connectivity index (χ1n) is 6.74. The van der Waals surface area contributed by atoms with Crippen LogP contribution in [-0.2, 0) is 17.9 Å². The Kier molecular flexibility index (Phi) is 4.54. The molecule has 1 atom stereocenters. The van der Waals surface area contributed by atoms with Gasteiger partial charge in [0.25, 0.3) is 0 Å². The monoisotopic (exact) mass is 281 g/mol. The van der Waals surface area contributed by atoms with Gasteiger partial charge in [0.15, 0.2) is 5.82 Å². The van der Waals surface area contributed by atoms with E-state index in [2.05, 4.69) is 15.5 Å². The molecule has 1 aromatic rings. The zero-order valence-electron chi connectivity index (χ0n) is 11.4. The fraction of sp³-hybridized carbons (Fsp3) is 0.667. The van der Waals surface area contributed by atoms with Gasteiger partial charge in [-0.2, -0.15) is 0 Å². The van der Waals surface area contributed by atoms with Gasteiger partial charge in [-0.3, -0.25) is 4.79 Å². The van der Waals surface area contributed by atoms with Gasteiger partial charge in [0.05, 0.1) is 12.5 Å². The van der Waals surface area contributed by atoms with Crippen molar-refractivity contribution in [1.82, 2.24) is 25.0 Å². The van der Waals surface area contributed by atoms with Gasteiger partial charge < -0.3 is 19.9 Å². The van der Waals surface area contributed by atoms with Crippen LogP contribution in [0.2, 0.25) is 0 Å². The number of likely N-dealkylation sites (tertiary alicyclic amines) is 1. The highest BCUT2D eigenvalue weighted by Gasteiger charge is 2.28. The number of hydrogen-bond donors (Lipinski definition) is 2. The van der Waals surface area contributed by atoms with Crippen molar-refractivity contribution in [3.05, 3.63) is 12.2 Å². The zero-order chi connectivity index (χ0) is 14.5. The van der Waals surface area contributed by atoms with Crippen LogP contribution in [0.5, 0.6) is 0 Å². The van der Waals surface area contributed by atoms with E-state index < -0.39 is 11.9 Å². The topological polar surface area (TPSA) is 100 Å². The maximum atomic E-state index is 12.0. The maximum absolute atomic E-state index is 12.0. The first-order chi connectivity index (χ1) is 9.61. The molecule has 0 spiro atoms. The lowest BCUT2D eigenvalue weighted by molar-refractivity contribution is -0.143. The van der Waals surface area contributed by atoms with Crippen molar-refractivity contribution in [3.8, 4) is 0 Å². The van der Waals surface area contributed by atoms with Crippen LogP contribution in [0.4, 0.5) is 4.79 Å². The standard InChI is InChI=1S/C12H19N5O3/c1-2-16-8-14-15-10(16)6-13-12(20)17-5-3-4-9(7-17)11(18)19/h8-9H,2-7H2,1H3,(H,13,20)(H,18,19). The molecule has 1 saturated heterocycles. The molecule has 2 rings (SSSR count). The molecule has 8 nitrogen and oxygen atoms in total. The summed E-state index contributed by atoms with van der Waals surface area (Å²) in [5, 5.41) is 19.5. The molecule has 0 bridgehead atoms. The number of nitrogens with zero attached hydrogens (tertiary/aromatic N) is 4. The highest BCUT2D eigenvalue weighted by Crippen LogP contribution is 2.16. The molecule has 1 aliphatic rings. The molecule has 0 radical (unpaired) electrons. The Bertz CT molecular complexity index is 487. The Labute approximate surface area is 116 Å². The van der Waals surface area contributed by atoms with Crippen molar-refractivity contribution < 1.29 is 14.7 Å². The molecular weight excluding hydrogens is 262 g/mol. The van der Waals surface area contributed by atoms with E-state index in [0.717, 1.165) is 13.0 Å². The minimum absolute atomic E-state index is 0.249. The van der Waals surface area contributed by atoms with Crippen LogP contribution in [0.1, 0.15) is 25.6 Å². The number of nitrogens with one attached hydrogen (secondary N) is 1. The fourth-order valence-corrected chi connectivity index (χ4v) is 2.31. The number of urea groups is 1. The molecule has 2 heterocycles. The number of carbonyl (C=O) groups is 2. The minimum Gasteiger partial charge on any atom is -0.481 e. The molecule has 110 valence electrons. The maximum Gasteiger partial charge on any atom is 0.317 e. The number of aromatic nitrogens is 3. The first-order valence-corrected chi connectivity index (χ1v) is 6.74. The van der Waals surface area contributed by atoms with E-state index >= 15 is 0 Å². The van der Waals surface area contributed by atoms with Gasteiger partial charge in [0.1, 0.15) is 6.33 Å². The number of amides is 2. The van der Waals surface area contributed by atoms with Gasteiger partial charge >= 0.3 is 12.0 Å². The molecule has 0 aliphatic carbocycles. The fourth-order valence-electron chi connectivity index (χ4n) is 2.31. The molecule has 1 unspecified atom stereocenters. The minimum atomic E-state index is -0.840. The van der Waals surface area contributed by atoms with E-state index in [-0.39, 0.29) is 12.6 Å².